The first-order chi connectivity index (χ1) is 9.56. The number of carbonyl (C=O) groups is 1. The lowest BCUT2D eigenvalue weighted by atomic mass is 10.2. The fraction of sp³-hybridized carbons (Fsp3) is 0.286. The average molecular weight is 298 g/mol. The highest BCUT2D eigenvalue weighted by atomic mass is 35.5. The lowest BCUT2D eigenvalue weighted by Gasteiger charge is -1.97. The van der Waals surface area contributed by atoms with Gasteiger partial charge in [-0.05, 0) is 24.6 Å². The van der Waals surface area contributed by atoms with Gasteiger partial charge >= 0.3 is 5.97 Å². The van der Waals surface area contributed by atoms with Crippen LogP contribution in [0.15, 0.2) is 22.6 Å². The number of ether oxygens (including phenoxy) is 1. The van der Waals surface area contributed by atoms with Gasteiger partial charge in [0.05, 0.1) is 17.8 Å². The molecule has 0 atom stereocenters. The van der Waals surface area contributed by atoms with Gasteiger partial charge in [-0.2, -0.15) is 0 Å². The van der Waals surface area contributed by atoms with Gasteiger partial charge in [-0.25, -0.2) is 14.2 Å². The highest BCUT2D eigenvalue weighted by Crippen LogP contribution is 2.26. The number of nitrogens with zero attached hydrogens (tertiary/aromatic N) is 1. The topological polar surface area (TPSA) is 52.3 Å². The monoisotopic (exact) mass is 297 g/mol. The maximum atomic E-state index is 13.5. The zero-order valence-electron chi connectivity index (χ0n) is 11.1. The largest absolute Gasteiger partial charge is 0.463 e. The lowest BCUT2D eigenvalue weighted by molar-refractivity contribution is 0.0564. The van der Waals surface area contributed by atoms with Gasteiger partial charge in [0.15, 0.2) is 0 Å². The van der Waals surface area contributed by atoms with Crippen molar-refractivity contribution in [1.82, 2.24) is 4.98 Å². The van der Waals surface area contributed by atoms with E-state index in [9.17, 15) is 9.18 Å². The summed E-state index contributed by atoms with van der Waals surface area (Å²) < 4.78 is 23.5. The molecule has 0 saturated carbocycles. The van der Waals surface area contributed by atoms with Crippen LogP contribution in [0.5, 0.6) is 0 Å². The summed E-state index contributed by atoms with van der Waals surface area (Å²) in [6.45, 7) is 1.96. The Morgan fingerprint density at radius 3 is 2.85 bits per heavy atom. The molecule has 1 heterocycles. The third kappa shape index (κ3) is 2.82. The summed E-state index contributed by atoms with van der Waals surface area (Å²) in [5.41, 5.74) is 0.920. The molecular weight excluding hydrogens is 285 g/mol. The molecule has 0 aliphatic rings. The predicted octanol–water partition coefficient (Wildman–Crippen LogP) is 3.87. The van der Waals surface area contributed by atoms with Gasteiger partial charge in [-0.15, -0.1) is 0 Å². The molecule has 4 nitrogen and oxygen atoms in total. The predicted molar refractivity (Wildman–Crippen MR) is 72.2 cm³/mol. The van der Waals surface area contributed by atoms with Crippen molar-refractivity contribution in [2.24, 2.45) is 0 Å². The van der Waals surface area contributed by atoms with Crippen LogP contribution in [-0.2, 0) is 11.2 Å². The molecule has 6 heteroatoms. The summed E-state index contributed by atoms with van der Waals surface area (Å²) in [5, 5.41) is 0.0160. The van der Waals surface area contributed by atoms with E-state index in [2.05, 4.69) is 9.72 Å². The molecule has 2 rings (SSSR count). The molecular formula is C14H13ClFNO3. The Bertz CT molecular complexity index is 639. The van der Waals surface area contributed by atoms with Crippen molar-refractivity contribution in [2.45, 2.75) is 19.8 Å². The first kappa shape index (κ1) is 14.5. The molecule has 0 saturated heterocycles. The summed E-state index contributed by atoms with van der Waals surface area (Å²) >= 11 is 5.63. The van der Waals surface area contributed by atoms with Crippen LogP contribution in [0.25, 0.3) is 11.5 Å². The van der Waals surface area contributed by atoms with Crippen molar-refractivity contribution >= 4 is 17.6 Å². The summed E-state index contributed by atoms with van der Waals surface area (Å²) in [5.74, 6) is -0.940. The zero-order valence-corrected chi connectivity index (χ0v) is 11.8. The zero-order chi connectivity index (χ0) is 14.7. The van der Waals surface area contributed by atoms with Crippen molar-refractivity contribution in [2.75, 3.05) is 7.11 Å². The molecule has 20 heavy (non-hydrogen) atoms. The molecule has 1 aromatic carbocycles. The van der Waals surface area contributed by atoms with Crippen molar-refractivity contribution in [1.29, 1.82) is 0 Å². The van der Waals surface area contributed by atoms with Gasteiger partial charge in [0.1, 0.15) is 5.82 Å². The van der Waals surface area contributed by atoms with Crippen LogP contribution in [0, 0.1) is 5.82 Å². The van der Waals surface area contributed by atoms with Crippen LogP contribution in [0.2, 0.25) is 5.02 Å². The minimum Gasteiger partial charge on any atom is -0.463 e. The van der Waals surface area contributed by atoms with Gasteiger partial charge in [-0.1, -0.05) is 24.9 Å². The van der Waals surface area contributed by atoms with Crippen molar-refractivity contribution < 1.29 is 18.3 Å². The number of benzene rings is 1. The van der Waals surface area contributed by atoms with E-state index in [1.165, 1.54) is 19.2 Å². The Balaban J connectivity index is 2.46. The third-order valence-electron chi connectivity index (χ3n) is 2.72. The fourth-order valence-corrected chi connectivity index (χ4v) is 1.88. The van der Waals surface area contributed by atoms with Crippen molar-refractivity contribution in [3.05, 3.63) is 40.5 Å². The van der Waals surface area contributed by atoms with Crippen LogP contribution in [0.4, 0.5) is 4.39 Å². The van der Waals surface area contributed by atoms with Crippen LogP contribution in [0.1, 0.15) is 29.6 Å². The van der Waals surface area contributed by atoms with E-state index in [-0.39, 0.29) is 16.7 Å². The third-order valence-corrected chi connectivity index (χ3v) is 3.03. The lowest BCUT2D eigenvalue weighted by Crippen LogP contribution is -2.03. The van der Waals surface area contributed by atoms with Crippen LogP contribution >= 0.6 is 11.6 Å². The number of halogens is 2. The number of aromatic nitrogens is 1. The molecule has 0 aliphatic carbocycles. The number of oxazole rings is 1. The van der Waals surface area contributed by atoms with Gasteiger partial charge in [0.25, 0.3) is 0 Å². The summed E-state index contributed by atoms with van der Waals surface area (Å²) in [6, 6.07) is 4.20. The molecule has 0 aliphatic heterocycles. The number of aryl methyl sites for hydroxylation is 1. The average Bonchev–Trinajstić information content (AvgIpc) is 2.85. The standard InChI is InChI=1S/C14H13ClFNO3/c1-3-4-11-12(14(18)19-2)20-13(17-11)8-5-6-9(15)10(16)7-8/h5-7H,3-4H2,1-2H3. The van der Waals surface area contributed by atoms with Crippen molar-refractivity contribution in [3.8, 4) is 11.5 Å². The maximum Gasteiger partial charge on any atom is 0.376 e. The minimum atomic E-state index is -0.596. The summed E-state index contributed by atoms with van der Waals surface area (Å²) in [4.78, 5) is 15.9. The van der Waals surface area contributed by atoms with E-state index in [4.69, 9.17) is 16.0 Å². The maximum absolute atomic E-state index is 13.5. The first-order valence-corrected chi connectivity index (χ1v) is 6.48. The Kier molecular flexibility index (Phi) is 4.39. The van der Waals surface area contributed by atoms with Crippen LogP contribution in [-0.4, -0.2) is 18.1 Å². The summed E-state index contributed by atoms with van der Waals surface area (Å²) in [6.07, 6.45) is 1.37. The highest BCUT2D eigenvalue weighted by Gasteiger charge is 2.21. The van der Waals surface area contributed by atoms with Gasteiger partial charge in [-0.3, -0.25) is 0 Å². The van der Waals surface area contributed by atoms with Gasteiger partial charge in [0, 0.05) is 5.56 Å². The molecule has 0 unspecified atom stereocenters. The normalized spacial score (nSPS) is 10.6. The molecule has 0 fully saturated rings. The van der Waals surface area contributed by atoms with E-state index in [1.54, 1.807) is 6.07 Å². The van der Waals surface area contributed by atoms with E-state index >= 15 is 0 Å². The number of rotatable bonds is 4. The SMILES string of the molecule is CCCc1nc(-c2ccc(Cl)c(F)c2)oc1C(=O)OC. The van der Waals surface area contributed by atoms with Gasteiger partial charge < -0.3 is 9.15 Å². The number of methoxy groups -OCH3 is 1. The number of hydrogen-bond donors (Lipinski definition) is 0. The van der Waals surface area contributed by atoms with Crippen molar-refractivity contribution in [3.63, 3.8) is 0 Å². The number of carbonyl (C=O) groups excluding carboxylic acids is 1. The van der Waals surface area contributed by atoms with E-state index < -0.39 is 11.8 Å². The highest BCUT2D eigenvalue weighted by molar-refractivity contribution is 6.30. The van der Waals surface area contributed by atoms with Crippen LogP contribution in [0.3, 0.4) is 0 Å². The van der Waals surface area contributed by atoms with Crippen LogP contribution < -0.4 is 0 Å². The van der Waals surface area contributed by atoms with Gasteiger partial charge in [0.2, 0.25) is 11.7 Å². The molecule has 0 N–H and O–H groups in total. The van der Waals surface area contributed by atoms with E-state index in [0.717, 1.165) is 6.42 Å². The molecule has 0 amide bonds. The Hall–Kier alpha value is -1.88. The quantitative estimate of drug-likeness (QED) is 0.804. The second-order valence-electron chi connectivity index (χ2n) is 4.17. The Labute approximate surface area is 120 Å². The minimum absolute atomic E-state index is 0.0160. The molecule has 0 bridgehead atoms. The first-order valence-electron chi connectivity index (χ1n) is 6.10. The molecule has 0 radical (unpaired) electrons. The van der Waals surface area contributed by atoms with E-state index in [0.29, 0.717) is 17.7 Å². The fourth-order valence-electron chi connectivity index (χ4n) is 1.76. The Morgan fingerprint density at radius 2 is 2.25 bits per heavy atom. The Morgan fingerprint density at radius 1 is 1.50 bits per heavy atom. The molecule has 106 valence electrons. The molecule has 2 aromatic rings. The number of esters is 1. The van der Waals surface area contributed by atoms with E-state index in [1.807, 2.05) is 6.92 Å². The summed E-state index contributed by atoms with van der Waals surface area (Å²) in [7, 11) is 1.27. The molecule has 1 aromatic heterocycles. The smallest absolute Gasteiger partial charge is 0.376 e. The second-order valence-corrected chi connectivity index (χ2v) is 4.57. The second kappa shape index (κ2) is 6.05. The number of hydrogen-bond acceptors (Lipinski definition) is 4. The molecule has 0 spiro atoms.